The highest BCUT2D eigenvalue weighted by atomic mass is 16.1. The summed E-state index contributed by atoms with van der Waals surface area (Å²) in [5.41, 5.74) is 1.73. The molecule has 0 aliphatic rings. The summed E-state index contributed by atoms with van der Waals surface area (Å²) in [7, 11) is 0. The second kappa shape index (κ2) is 8.35. The van der Waals surface area contributed by atoms with E-state index >= 15 is 0 Å². The zero-order valence-electron chi connectivity index (χ0n) is 11.9. The molecule has 1 aromatic rings. The number of hydrogen-bond donors (Lipinski definition) is 2. The summed E-state index contributed by atoms with van der Waals surface area (Å²) < 4.78 is 0. The molecule has 1 rings (SSSR count). The Bertz CT molecular complexity index is 398. The van der Waals surface area contributed by atoms with Gasteiger partial charge in [0.15, 0.2) is 0 Å². The topological polar surface area (TPSA) is 41.1 Å². The lowest BCUT2D eigenvalue weighted by Gasteiger charge is -2.15. The first-order chi connectivity index (χ1) is 9.17. The minimum Gasteiger partial charge on any atom is -0.383 e. The quantitative estimate of drug-likeness (QED) is 0.701. The van der Waals surface area contributed by atoms with Gasteiger partial charge in [-0.15, -0.1) is 6.58 Å². The van der Waals surface area contributed by atoms with Gasteiger partial charge in [-0.2, -0.15) is 0 Å². The predicted molar refractivity (Wildman–Crippen MR) is 81.6 cm³/mol. The van der Waals surface area contributed by atoms with Gasteiger partial charge in [0.2, 0.25) is 0 Å². The van der Waals surface area contributed by atoms with Gasteiger partial charge >= 0.3 is 0 Å². The van der Waals surface area contributed by atoms with Crippen LogP contribution in [0.15, 0.2) is 36.9 Å². The fraction of sp³-hybridized carbons (Fsp3) is 0.438. The number of nitrogens with one attached hydrogen (secondary N) is 2. The van der Waals surface area contributed by atoms with Gasteiger partial charge in [0.05, 0.1) is 0 Å². The van der Waals surface area contributed by atoms with Crippen molar-refractivity contribution < 1.29 is 4.79 Å². The third-order valence-electron chi connectivity index (χ3n) is 2.96. The lowest BCUT2D eigenvalue weighted by atomic mass is 10.1. The minimum atomic E-state index is -0.0644. The molecule has 0 heterocycles. The van der Waals surface area contributed by atoms with E-state index in [4.69, 9.17) is 0 Å². The molecule has 0 saturated carbocycles. The van der Waals surface area contributed by atoms with E-state index in [1.807, 2.05) is 24.3 Å². The molecule has 0 saturated heterocycles. The molecule has 1 aromatic carbocycles. The van der Waals surface area contributed by atoms with Gasteiger partial charge in [0.25, 0.3) is 5.91 Å². The molecule has 3 heteroatoms. The number of carbonyl (C=O) groups is 1. The van der Waals surface area contributed by atoms with Crippen LogP contribution in [-0.4, -0.2) is 18.5 Å². The first-order valence-corrected chi connectivity index (χ1v) is 6.93. The fourth-order valence-electron chi connectivity index (χ4n) is 1.85. The summed E-state index contributed by atoms with van der Waals surface area (Å²) in [5.74, 6) is -0.0644. The van der Waals surface area contributed by atoms with Crippen molar-refractivity contribution in [3.63, 3.8) is 0 Å². The van der Waals surface area contributed by atoms with E-state index in [1.54, 1.807) is 6.08 Å². The second-order valence-electron chi connectivity index (χ2n) is 4.76. The van der Waals surface area contributed by atoms with Gasteiger partial charge < -0.3 is 10.6 Å². The first-order valence-electron chi connectivity index (χ1n) is 6.93. The molecular weight excluding hydrogens is 236 g/mol. The molecule has 0 bridgehead atoms. The standard InChI is InChI=1S/C16H24N2O/c1-4-6-7-13(3)18-15-10-8-14(9-11-15)16(19)17-12-5-2/h5,8-11,13,18H,2,4,6-7,12H2,1,3H3,(H,17,19). The lowest BCUT2D eigenvalue weighted by molar-refractivity contribution is 0.0958. The Morgan fingerprint density at radius 2 is 2.05 bits per heavy atom. The zero-order valence-corrected chi connectivity index (χ0v) is 11.9. The van der Waals surface area contributed by atoms with Crippen LogP contribution in [0, 0.1) is 0 Å². The van der Waals surface area contributed by atoms with Crippen LogP contribution in [0.4, 0.5) is 5.69 Å². The maximum atomic E-state index is 11.7. The summed E-state index contributed by atoms with van der Waals surface area (Å²) in [5, 5.41) is 6.20. The Labute approximate surface area is 116 Å². The molecule has 0 spiro atoms. The minimum absolute atomic E-state index is 0.0644. The number of unbranched alkanes of at least 4 members (excludes halogenated alkanes) is 1. The number of carbonyl (C=O) groups excluding carboxylic acids is 1. The lowest BCUT2D eigenvalue weighted by Crippen LogP contribution is -2.23. The molecule has 104 valence electrons. The maximum absolute atomic E-state index is 11.7. The highest BCUT2D eigenvalue weighted by Crippen LogP contribution is 2.13. The van der Waals surface area contributed by atoms with Crippen molar-refractivity contribution in [3.8, 4) is 0 Å². The highest BCUT2D eigenvalue weighted by Gasteiger charge is 2.05. The zero-order chi connectivity index (χ0) is 14.1. The average Bonchev–Trinajstić information content (AvgIpc) is 2.43. The molecular formula is C16H24N2O. The third-order valence-corrected chi connectivity index (χ3v) is 2.96. The van der Waals surface area contributed by atoms with E-state index in [9.17, 15) is 4.79 Å². The van der Waals surface area contributed by atoms with Gasteiger partial charge in [-0.25, -0.2) is 0 Å². The van der Waals surface area contributed by atoms with E-state index in [1.165, 1.54) is 12.8 Å². The average molecular weight is 260 g/mol. The van der Waals surface area contributed by atoms with Crippen molar-refractivity contribution in [3.05, 3.63) is 42.5 Å². The molecule has 1 unspecified atom stereocenters. The number of hydrogen-bond acceptors (Lipinski definition) is 2. The predicted octanol–water partition coefficient (Wildman–Crippen LogP) is 3.59. The maximum Gasteiger partial charge on any atom is 0.251 e. The van der Waals surface area contributed by atoms with Crippen molar-refractivity contribution in [2.24, 2.45) is 0 Å². The molecule has 0 aromatic heterocycles. The largest absolute Gasteiger partial charge is 0.383 e. The van der Waals surface area contributed by atoms with Crippen LogP contribution in [-0.2, 0) is 0 Å². The first kappa shape index (κ1) is 15.3. The monoisotopic (exact) mass is 260 g/mol. The van der Waals surface area contributed by atoms with E-state index in [2.05, 4.69) is 31.1 Å². The van der Waals surface area contributed by atoms with Crippen molar-refractivity contribution in [1.29, 1.82) is 0 Å². The Kier molecular flexibility index (Phi) is 6.72. The summed E-state index contributed by atoms with van der Waals surface area (Å²) >= 11 is 0. The smallest absolute Gasteiger partial charge is 0.251 e. The molecule has 0 aliphatic heterocycles. The summed E-state index contributed by atoms with van der Waals surface area (Å²) in [6.45, 7) is 8.44. The van der Waals surface area contributed by atoms with Gasteiger partial charge in [-0.3, -0.25) is 4.79 Å². The second-order valence-corrected chi connectivity index (χ2v) is 4.76. The van der Waals surface area contributed by atoms with E-state index in [0.29, 0.717) is 18.2 Å². The molecule has 19 heavy (non-hydrogen) atoms. The molecule has 1 atom stereocenters. The summed E-state index contributed by atoms with van der Waals surface area (Å²) in [6, 6.07) is 8.04. The van der Waals surface area contributed by atoms with Crippen LogP contribution in [0.2, 0.25) is 0 Å². The molecule has 2 N–H and O–H groups in total. The SMILES string of the molecule is C=CCNC(=O)c1ccc(NC(C)CCCC)cc1. The van der Waals surface area contributed by atoms with Crippen LogP contribution in [0.1, 0.15) is 43.5 Å². The Morgan fingerprint density at radius 1 is 1.37 bits per heavy atom. The Balaban J connectivity index is 2.51. The van der Waals surface area contributed by atoms with Crippen molar-refractivity contribution >= 4 is 11.6 Å². The van der Waals surface area contributed by atoms with E-state index < -0.39 is 0 Å². The van der Waals surface area contributed by atoms with E-state index in [0.717, 1.165) is 12.1 Å². The number of rotatable bonds is 8. The van der Waals surface area contributed by atoms with Crippen LogP contribution in [0.5, 0.6) is 0 Å². The van der Waals surface area contributed by atoms with Gasteiger partial charge in [-0.1, -0.05) is 25.8 Å². The molecule has 3 nitrogen and oxygen atoms in total. The third kappa shape index (κ3) is 5.60. The molecule has 0 fully saturated rings. The number of benzene rings is 1. The summed E-state index contributed by atoms with van der Waals surface area (Å²) in [6.07, 6.45) is 5.28. The molecule has 1 amide bonds. The van der Waals surface area contributed by atoms with Crippen LogP contribution < -0.4 is 10.6 Å². The van der Waals surface area contributed by atoms with Crippen molar-refractivity contribution in [1.82, 2.24) is 5.32 Å². The van der Waals surface area contributed by atoms with Crippen molar-refractivity contribution in [2.75, 3.05) is 11.9 Å². The van der Waals surface area contributed by atoms with E-state index in [-0.39, 0.29) is 5.91 Å². The van der Waals surface area contributed by atoms with Gasteiger partial charge in [0, 0.05) is 23.8 Å². The highest BCUT2D eigenvalue weighted by molar-refractivity contribution is 5.94. The van der Waals surface area contributed by atoms with Gasteiger partial charge in [0.1, 0.15) is 0 Å². The van der Waals surface area contributed by atoms with Gasteiger partial charge in [-0.05, 0) is 37.6 Å². The summed E-state index contributed by atoms with van der Waals surface area (Å²) in [4.78, 5) is 11.7. The van der Waals surface area contributed by atoms with Crippen LogP contribution in [0.3, 0.4) is 0 Å². The number of anilines is 1. The fourth-order valence-corrected chi connectivity index (χ4v) is 1.85. The van der Waals surface area contributed by atoms with Crippen molar-refractivity contribution in [2.45, 2.75) is 39.2 Å². The van der Waals surface area contributed by atoms with Crippen LogP contribution in [0.25, 0.3) is 0 Å². The number of amides is 1. The Hall–Kier alpha value is -1.77. The molecule has 0 radical (unpaired) electrons. The Morgan fingerprint density at radius 3 is 2.63 bits per heavy atom. The normalized spacial score (nSPS) is 11.7. The molecule has 0 aliphatic carbocycles. The van der Waals surface area contributed by atoms with Crippen LogP contribution >= 0.6 is 0 Å².